The largest absolute Gasteiger partial charge is 2.00 e. The van der Waals surface area contributed by atoms with Crippen molar-refractivity contribution in [3.8, 4) is 0 Å². The molecule has 0 aliphatic heterocycles. The molecule has 8 atom stereocenters. The zero-order chi connectivity index (χ0) is 22.5. The first-order valence-corrected chi connectivity index (χ1v) is 15.5. The third-order valence-corrected chi connectivity index (χ3v) is 9.33. The first-order chi connectivity index (χ1) is 14.3. The number of rotatable bonds is 10. The van der Waals surface area contributed by atoms with Gasteiger partial charge < -0.3 is 73.6 Å². The molecule has 0 amide bonds. The molecule has 2 saturated carbocycles. The molecule has 35 heavy (non-hydrogen) atoms. The molecule has 2 radical (unpaired) electrons. The van der Waals surface area contributed by atoms with E-state index >= 15 is 0 Å². The average Bonchev–Trinajstić information content (AvgIpc) is 2.73. The van der Waals surface area contributed by atoms with Crippen molar-refractivity contribution in [2.45, 2.75) is 69.8 Å². The summed E-state index contributed by atoms with van der Waals surface area (Å²) in [5.74, 6) is 0.527. The first-order valence-electron chi connectivity index (χ1n) is 10.1. The van der Waals surface area contributed by atoms with E-state index in [1.807, 2.05) is 12.5 Å². The van der Waals surface area contributed by atoms with Crippen LogP contribution in [0.5, 0.6) is 0 Å². The van der Waals surface area contributed by atoms with Crippen molar-refractivity contribution >= 4 is 80.6 Å². The minimum atomic E-state index is -0.206. The maximum Gasteiger partial charge on any atom is 2.00 e. The van der Waals surface area contributed by atoms with E-state index in [-0.39, 0.29) is 87.0 Å². The van der Waals surface area contributed by atoms with Crippen LogP contribution < -0.4 is 10.9 Å². The van der Waals surface area contributed by atoms with Crippen LogP contribution in [0.25, 0.3) is 10.9 Å². The third kappa shape index (κ3) is 22.5. The Balaban J connectivity index is -0.000000150. The molecule has 0 saturated heterocycles. The Kier molecular flexibility index (Phi) is 39.3. The second-order valence-electron chi connectivity index (χ2n) is 7.55. The monoisotopic (exact) mass is 780 g/mol. The van der Waals surface area contributed by atoms with Gasteiger partial charge in [0.1, 0.15) is 0 Å². The van der Waals surface area contributed by atoms with Crippen molar-refractivity contribution in [3.63, 3.8) is 0 Å². The van der Waals surface area contributed by atoms with Crippen LogP contribution in [0.1, 0.15) is 38.5 Å². The van der Waals surface area contributed by atoms with Crippen LogP contribution in [-0.4, -0.2) is 83.5 Å². The van der Waals surface area contributed by atoms with Gasteiger partial charge in [0.25, 0.3) is 0 Å². The molecule has 0 bridgehead atoms. The smallest absolute Gasteiger partial charge is 0.765 e. The van der Waals surface area contributed by atoms with E-state index in [1.165, 1.54) is 0 Å². The fourth-order valence-corrected chi connectivity index (χ4v) is 5.37. The van der Waals surface area contributed by atoms with Crippen LogP contribution in [0.15, 0.2) is 0 Å². The third-order valence-electron chi connectivity index (χ3n) is 5.23. The van der Waals surface area contributed by atoms with Crippen LogP contribution in [0, 0.1) is 11.8 Å². The predicted octanol–water partition coefficient (Wildman–Crippen LogP) is 1.49. The van der Waals surface area contributed by atoms with Crippen LogP contribution in [0.3, 0.4) is 0 Å². The fraction of sp³-hybridized carbons (Fsp3) is 1.00. The Morgan fingerprint density at radius 3 is 1.37 bits per heavy atom. The van der Waals surface area contributed by atoms with Crippen molar-refractivity contribution < 1.29 is 63.8 Å². The molecular formula is C18H40Br2N4O5S4V2. The molecule has 0 aromatic heterocycles. The van der Waals surface area contributed by atoms with Crippen LogP contribution in [-0.2, 0) is 62.4 Å². The summed E-state index contributed by atoms with van der Waals surface area (Å²) >= 11 is 20.4. The number of aliphatic hydroxyl groups excluding tert-OH is 2. The number of nitrogens with zero attached hydrogens (tertiary/aromatic N) is 2. The quantitative estimate of drug-likeness (QED) is 0.111. The van der Waals surface area contributed by atoms with Crippen LogP contribution in [0.4, 0.5) is 0 Å². The van der Waals surface area contributed by atoms with Crippen LogP contribution >= 0.6 is 55.4 Å². The van der Waals surface area contributed by atoms with Gasteiger partial charge in [0, 0.05) is 9.65 Å². The second-order valence-corrected chi connectivity index (χ2v) is 13.6. The molecule has 8 unspecified atom stereocenters. The van der Waals surface area contributed by atoms with E-state index in [2.05, 4.69) is 53.6 Å². The maximum atomic E-state index is 9.77. The number of halogens is 2. The molecule has 2 rings (SSSR count). The van der Waals surface area contributed by atoms with Gasteiger partial charge in [0.2, 0.25) is 0 Å². The van der Waals surface area contributed by atoms with Crippen LogP contribution in [0.2, 0.25) is 0 Å². The molecule has 2 aliphatic carbocycles. The van der Waals surface area contributed by atoms with Gasteiger partial charge in [-0.3, -0.25) is 0 Å². The molecule has 2 fully saturated rings. The SMILES string of the molecule is CSC([S-])N[N-]CC1CC(Br)CCC1O.CSC([S-])N[N-]CC1CC(Br)CCC1O.O.O.O.[V+2].[V+2]. The summed E-state index contributed by atoms with van der Waals surface area (Å²) in [6.07, 6.45) is 9.32. The van der Waals surface area contributed by atoms with E-state index < -0.39 is 0 Å². The number of alkyl halides is 2. The summed E-state index contributed by atoms with van der Waals surface area (Å²) in [6.45, 7) is 1.30. The summed E-state index contributed by atoms with van der Waals surface area (Å²) in [6, 6.07) is 0. The van der Waals surface area contributed by atoms with Crippen molar-refractivity contribution in [2.75, 3.05) is 25.6 Å². The standard InChI is InChI=1S/2C9H18BrN2OS2.3H2O.2V/c2*1-15-9(14)12-11-5-6-4-7(10)2-3-8(6)13;;;;;/h2*6-9,12-14H,2-5H2,1H3;3*1H2;;/q2*-1;;;;2*+2/p-2. The molecule has 0 aromatic carbocycles. The van der Waals surface area contributed by atoms with Gasteiger partial charge in [0.15, 0.2) is 0 Å². The van der Waals surface area contributed by atoms with Gasteiger partial charge in [-0.2, -0.15) is 23.5 Å². The Labute approximate surface area is 270 Å². The first kappa shape index (κ1) is 47.9. The molecule has 9 nitrogen and oxygen atoms in total. The van der Waals surface area contributed by atoms with Crippen molar-refractivity contribution in [1.29, 1.82) is 0 Å². The van der Waals surface area contributed by atoms with E-state index in [4.69, 9.17) is 25.3 Å². The molecule has 210 valence electrons. The predicted molar refractivity (Wildman–Crippen MR) is 155 cm³/mol. The van der Waals surface area contributed by atoms with Gasteiger partial charge in [0.05, 0.1) is 12.2 Å². The Morgan fingerprint density at radius 1 is 0.771 bits per heavy atom. The van der Waals surface area contributed by atoms with Gasteiger partial charge in [-0.25, -0.2) is 0 Å². The van der Waals surface area contributed by atoms with Crippen molar-refractivity contribution in [2.24, 2.45) is 11.8 Å². The minimum absolute atomic E-state index is 0. The summed E-state index contributed by atoms with van der Waals surface area (Å²) in [7, 11) is 0. The number of aliphatic hydroxyl groups is 2. The molecule has 10 N–H and O–H groups in total. The second kappa shape index (κ2) is 28.7. The maximum absolute atomic E-state index is 9.77. The normalized spacial score (nSPS) is 29.1. The van der Waals surface area contributed by atoms with E-state index in [1.54, 1.807) is 23.5 Å². The van der Waals surface area contributed by atoms with Gasteiger partial charge in [-0.05, 0) is 62.9 Å². The van der Waals surface area contributed by atoms with Gasteiger partial charge in [-0.1, -0.05) is 41.3 Å². The number of hydrogen-bond acceptors (Lipinski definition) is 8. The van der Waals surface area contributed by atoms with E-state index in [0.717, 1.165) is 38.5 Å². The summed E-state index contributed by atoms with van der Waals surface area (Å²) in [4.78, 5) is 1.06. The Hall–Kier alpha value is 3.17. The Morgan fingerprint density at radius 2 is 1.09 bits per heavy atom. The summed E-state index contributed by atoms with van der Waals surface area (Å²) in [5, 5.41) is 19.5. The zero-order valence-corrected chi connectivity index (χ0v) is 29.1. The topological polar surface area (TPSA) is 187 Å². The van der Waals surface area contributed by atoms with E-state index in [0.29, 0.717) is 22.7 Å². The number of nitrogens with one attached hydrogen (secondary N) is 2. The molecule has 0 aromatic rings. The molecule has 0 spiro atoms. The minimum Gasteiger partial charge on any atom is -0.765 e. The molecular weight excluding hydrogens is 742 g/mol. The van der Waals surface area contributed by atoms with E-state index in [9.17, 15) is 10.2 Å². The zero-order valence-electron chi connectivity index (χ0n) is 19.8. The van der Waals surface area contributed by atoms with Gasteiger partial charge >= 0.3 is 37.1 Å². The molecule has 2 aliphatic rings. The summed E-state index contributed by atoms with van der Waals surface area (Å²) in [5.41, 5.74) is 14.2. The Bertz CT molecular complexity index is 434. The van der Waals surface area contributed by atoms with Crippen molar-refractivity contribution in [3.05, 3.63) is 10.9 Å². The fourth-order valence-electron chi connectivity index (χ4n) is 3.37. The molecule has 0 heterocycles. The van der Waals surface area contributed by atoms with Gasteiger partial charge in [-0.15, -0.1) is 13.1 Å². The number of hydrogen-bond donors (Lipinski definition) is 4. The van der Waals surface area contributed by atoms with Crippen molar-refractivity contribution in [1.82, 2.24) is 10.9 Å². The number of thioether (sulfide) groups is 2. The average molecular weight is 783 g/mol. The molecule has 17 heteroatoms. The summed E-state index contributed by atoms with van der Waals surface area (Å²) < 4.78 is -0.129.